The Balaban J connectivity index is 1.94. The number of fused-ring (bicyclic) bond motifs is 2. The summed E-state index contributed by atoms with van der Waals surface area (Å²) in [6.07, 6.45) is 0. The molecule has 0 aliphatic carbocycles. The molecule has 0 spiro atoms. The normalized spacial score (nSPS) is 13.2. The maximum absolute atomic E-state index is 13.7. The molecule has 0 atom stereocenters. The minimum Gasteiger partial charge on any atom is -0.497 e. The molecule has 3 aromatic rings. The quantitative estimate of drug-likeness (QED) is 0.477. The van der Waals surface area contributed by atoms with Crippen molar-refractivity contribution in [1.82, 2.24) is 5.48 Å². The third-order valence-electron chi connectivity index (χ3n) is 5.06. The number of anilines is 1. The highest BCUT2D eigenvalue weighted by atomic mass is 32.2. The van der Waals surface area contributed by atoms with Crippen molar-refractivity contribution in [3.63, 3.8) is 0 Å². The number of methoxy groups -OCH3 is 1. The van der Waals surface area contributed by atoms with Gasteiger partial charge in [-0.15, -0.1) is 0 Å². The van der Waals surface area contributed by atoms with Crippen LogP contribution in [-0.4, -0.2) is 26.6 Å². The van der Waals surface area contributed by atoms with Crippen LogP contribution in [0.25, 0.3) is 0 Å². The Kier molecular flexibility index (Phi) is 5.53. The molecule has 3 aromatic carbocycles. The van der Waals surface area contributed by atoms with E-state index in [1.807, 2.05) is 24.3 Å². The van der Waals surface area contributed by atoms with Gasteiger partial charge in [0.1, 0.15) is 23.8 Å². The number of hydrogen-bond donors (Lipinski definition) is 2. The van der Waals surface area contributed by atoms with E-state index in [0.717, 1.165) is 15.4 Å². The first-order valence-electron chi connectivity index (χ1n) is 9.39. The number of benzene rings is 3. The molecule has 1 aliphatic heterocycles. The van der Waals surface area contributed by atoms with Gasteiger partial charge in [0.25, 0.3) is 15.9 Å². The molecule has 0 saturated carbocycles. The number of ether oxygens (including phenoxy) is 2. The molecule has 0 radical (unpaired) electrons. The highest BCUT2D eigenvalue weighted by Gasteiger charge is 2.33. The second-order valence-electron chi connectivity index (χ2n) is 6.84. The number of carbonyl (C=O) groups is 1. The van der Waals surface area contributed by atoms with Crippen LogP contribution in [0.5, 0.6) is 11.5 Å². The summed E-state index contributed by atoms with van der Waals surface area (Å²) in [6.45, 7) is 0.195. The van der Waals surface area contributed by atoms with Crippen molar-refractivity contribution in [2.24, 2.45) is 0 Å². The molecule has 160 valence electrons. The van der Waals surface area contributed by atoms with Crippen molar-refractivity contribution >= 4 is 21.6 Å². The molecular formula is C22H20N2O6S. The maximum atomic E-state index is 13.7. The van der Waals surface area contributed by atoms with Gasteiger partial charge in [-0.1, -0.05) is 30.3 Å². The summed E-state index contributed by atoms with van der Waals surface area (Å²) < 4.78 is 39.6. The lowest BCUT2D eigenvalue weighted by molar-refractivity contribution is 0.0706. The van der Waals surface area contributed by atoms with E-state index in [-0.39, 0.29) is 35.0 Å². The lowest BCUT2D eigenvalue weighted by atomic mass is 10.1. The molecular weight excluding hydrogens is 420 g/mol. The Morgan fingerprint density at radius 2 is 1.74 bits per heavy atom. The fraction of sp³-hybridized carbons (Fsp3) is 0.136. The number of nitrogens with zero attached hydrogens (tertiary/aromatic N) is 1. The van der Waals surface area contributed by atoms with Crippen molar-refractivity contribution in [1.29, 1.82) is 0 Å². The van der Waals surface area contributed by atoms with Gasteiger partial charge in [0.15, 0.2) is 0 Å². The van der Waals surface area contributed by atoms with E-state index in [1.165, 1.54) is 25.3 Å². The van der Waals surface area contributed by atoms with Crippen LogP contribution in [0, 0.1) is 0 Å². The zero-order chi connectivity index (χ0) is 22.0. The van der Waals surface area contributed by atoms with E-state index in [2.05, 4.69) is 0 Å². The molecule has 1 amide bonds. The number of hydroxylamine groups is 1. The van der Waals surface area contributed by atoms with E-state index >= 15 is 0 Å². The van der Waals surface area contributed by atoms with Gasteiger partial charge >= 0.3 is 0 Å². The van der Waals surface area contributed by atoms with Gasteiger partial charge in [-0.3, -0.25) is 14.3 Å². The van der Waals surface area contributed by atoms with Gasteiger partial charge in [-0.2, -0.15) is 0 Å². The first-order chi connectivity index (χ1) is 15.0. The Bertz CT molecular complexity index is 1230. The van der Waals surface area contributed by atoms with Crippen LogP contribution in [0.3, 0.4) is 0 Å². The topological polar surface area (TPSA) is 105 Å². The van der Waals surface area contributed by atoms with Crippen molar-refractivity contribution in [2.45, 2.75) is 18.0 Å². The standard InChI is InChI=1S/C22H20N2O6S/c1-29-17-9-11-18(12-10-17)31(27,28)24-13-15-5-2-3-6-16(15)14-30-20-8-4-7-19(21(20)24)22(25)23-26/h2-12,26H,13-14H2,1H3,(H,23,25). The summed E-state index contributed by atoms with van der Waals surface area (Å²) in [5, 5.41) is 9.21. The average Bonchev–Trinajstić information content (AvgIpc) is 2.79. The van der Waals surface area contributed by atoms with Gasteiger partial charge in [-0.25, -0.2) is 13.9 Å². The van der Waals surface area contributed by atoms with Crippen molar-refractivity contribution in [3.05, 3.63) is 83.4 Å². The number of sulfonamides is 1. The summed E-state index contributed by atoms with van der Waals surface area (Å²) in [7, 11) is -2.62. The van der Waals surface area contributed by atoms with Crippen LogP contribution >= 0.6 is 0 Å². The van der Waals surface area contributed by atoms with E-state index in [0.29, 0.717) is 5.75 Å². The summed E-state index contributed by atoms with van der Waals surface area (Å²) in [4.78, 5) is 12.4. The predicted molar refractivity (Wildman–Crippen MR) is 113 cm³/mol. The summed E-state index contributed by atoms with van der Waals surface area (Å²) in [5.74, 6) is -0.113. The van der Waals surface area contributed by atoms with Crippen LogP contribution in [-0.2, 0) is 23.2 Å². The summed E-state index contributed by atoms with van der Waals surface area (Å²) in [5.41, 5.74) is 3.18. The zero-order valence-corrected chi connectivity index (χ0v) is 17.4. The number of para-hydroxylation sites is 1. The first-order valence-corrected chi connectivity index (χ1v) is 10.8. The Labute approximate surface area is 179 Å². The minimum atomic E-state index is -4.11. The molecule has 1 heterocycles. The van der Waals surface area contributed by atoms with Crippen LogP contribution in [0.2, 0.25) is 0 Å². The Morgan fingerprint density at radius 1 is 1.03 bits per heavy atom. The minimum absolute atomic E-state index is 0.0172. The summed E-state index contributed by atoms with van der Waals surface area (Å²) >= 11 is 0. The van der Waals surface area contributed by atoms with E-state index in [4.69, 9.17) is 9.47 Å². The first kappa shape index (κ1) is 20.7. The summed E-state index contributed by atoms with van der Waals surface area (Å²) in [6, 6.07) is 17.9. The van der Waals surface area contributed by atoms with Crippen LogP contribution < -0.4 is 19.3 Å². The third kappa shape index (κ3) is 3.80. The number of rotatable bonds is 4. The van der Waals surface area contributed by atoms with Gasteiger partial charge in [-0.05, 0) is 47.5 Å². The largest absolute Gasteiger partial charge is 0.497 e. The second kappa shape index (κ2) is 8.29. The van der Waals surface area contributed by atoms with Crippen molar-refractivity contribution < 1.29 is 27.9 Å². The van der Waals surface area contributed by atoms with Gasteiger partial charge < -0.3 is 9.47 Å². The SMILES string of the molecule is COc1ccc(S(=O)(=O)N2Cc3ccccc3COc3cccc(C(=O)NO)c32)cc1. The fourth-order valence-corrected chi connectivity index (χ4v) is 4.93. The van der Waals surface area contributed by atoms with Crippen LogP contribution in [0.15, 0.2) is 71.6 Å². The molecule has 4 rings (SSSR count). The third-order valence-corrected chi connectivity index (χ3v) is 6.82. The molecule has 31 heavy (non-hydrogen) atoms. The lowest BCUT2D eigenvalue weighted by Gasteiger charge is -2.31. The second-order valence-corrected chi connectivity index (χ2v) is 8.70. The Hall–Kier alpha value is -3.56. The predicted octanol–water partition coefficient (Wildman–Crippen LogP) is 3.10. The van der Waals surface area contributed by atoms with E-state index in [9.17, 15) is 18.4 Å². The number of hydrogen-bond acceptors (Lipinski definition) is 6. The molecule has 0 saturated heterocycles. The van der Waals surface area contributed by atoms with Crippen LogP contribution in [0.1, 0.15) is 21.5 Å². The highest BCUT2D eigenvalue weighted by Crippen LogP contribution is 2.39. The number of amides is 1. The van der Waals surface area contributed by atoms with Crippen molar-refractivity contribution in [3.8, 4) is 11.5 Å². The molecule has 0 bridgehead atoms. The number of carbonyl (C=O) groups excluding carboxylic acids is 1. The Morgan fingerprint density at radius 3 is 2.42 bits per heavy atom. The van der Waals surface area contributed by atoms with Crippen molar-refractivity contribution in [2.75, 3.05) is 11.4 Å². The zero-order valence-electron chi connectivity index (χ0n) is 16.6. The fourth-order valence-electron chi connectivity index (χ4n) is 3.46. The molecule has 0 unspecified atom stereocenters. The maximum Gasteiger partial charge on any atom is 0.276 e. The molecule has 0 fully saturated rings. The highest BCUT2D eigenvalue weighted by molar-refractivity contribution is 7.92. The molecule has 1 aliphatic rings. The molecule has 0 aromatic heterocycles. The molecule has 9 heteroatoms. The van der Waals surface area contributed by atoms with E-state index < -0.39 is 15.9 Å². The smallest absolute Gasteiger partial charge is 0.276 e. The van der Waals surface area contributed by atoms with E-state index in [1.54, 1.807) is 29.7 Å². The monoisotopic (exact) mass is 440 g/mol. The number of nitrogens with one attached hydrogen (secondary N) is 1. The average molecular weight is 440 g/mol. The lowest BCUT2D eigenvalue weighted by Crippen LogP contribution is -2.34. The molecule has 8 nitrogen and oxygen atoms in total. The molecule has 2 N–H and O–H groups in total. The van der Waals surface area contributed by atoms with Gasteiger partial charge in [0.05, 0.1) is 24.1 Å². The van der Waals surface area contributed by atoms with Crippen LogP contribution in [0.4, 0.5) is 5.69 Å². The van der Waals surface area contributed by atoms with Gasteiger partial charge in [0, 0.05) is 0 Å². The van der Waals surface area contributed by atoms with Gasteiger partial charge in [0.2, 0.25) is 0 Å².